The fraction of sp³-hybridized carbons (Fsp3) is 0.188. The third-order valence-corrected chi connectivity index (χ3v) is 3.00. The number of hydrogen-bond donors (Lipinski definition) is 1. The van der Waals surface area contributed by atoms with Crippen LogP contribution < -0.4 is 15.0 Å². The van der Waals surface area contributed by atoms with Crippen LogP contribution in [0.25, 0.3) is 0 Å². The molecule has 1 N–H and O–H groups in total. The maximum absolute atomic E-state index is 9.20. The summed E-state index contributed by atoms with van der Waals surface area (Å²) in [5, 5.41) is 12.5. The topological polar surface area (TPSA) is 48.3 Å². The van der Waals surface area contributed by atoms with Crippen molar-refractivity contribution in [2.45, 2.75) is 0 Å². The highest BCUT2D eigenvalue weighted by Crippen LogP contribution is 2.30. The smallest absolute Gasteiger partial charge is 0.121 e. The molecule has 0 bridgehead atoms. The Labute approximate surface area is 119 Å². The molecule has 102 valence electrons. The molecule has 4 nitrogen and oxygen atoms in total. The summed E-state index contributed by atoms with van der Waals surface area (Å²) in [6.07, 6.45) is 0. The van der Waals surface area contributed by atoms with Crippen LogP contribution in [0.15, 0.2) is 42.5 Å². The van der Waals surface area contributed by atoms with Crippen LogP contribution in [-0.4, -0.2) is 21.2 Å². The Balaban J connectivity index is 2.42. The van der Waals surface area contributed by atoms with Gasteiger partial charge in [-0.05, 0) is 24.3 Å². The van der Waals surface area contributed by atoms with Crippen LogP contribution in [0.5, 0.6) is 5.75 Å². The lowest BCUT2D eigenvalue weighted by molar-refractivity contribution is 0.415. The highest BCUT2D eigenvalue weighted by atomic mass is 16.5. The first kappa shape index (κ1) is 13.8. The average molecular weight is 267 g/mol. The fourth-order valence-electron chi connectivity index (χ4n) is 1.97. The van der Waals surface area contributed by atoms with Crippen molar-refractivity contribution in [2.75, 3.05) is 31.4 Å². The van der Waals surface area contributed by atoms with Gasteiger partial charge < -0.3 is 15.0 Å². The van der Waals surface area contributed by atoms with E-state index in [1.807, 2.05) is 49.3 Å². The molecule has 0 radical (unpaired) electrons. The number of rotatable bonds is 4. The van der Waals surface area contributed by atoms with Gasteiger partial charge in [-0.3, -0.25) is 0 Å². The van der Waals surface area contributed by atoms with Crippen molar-refractivity contribution < 1.29 is 4.74 Å². The SMILES string of the molecule is COc1ccc(C#N)c(Nc2ccccc2N(C)C)c1. The minimum atomic E-state index is 0.583. The van der Waals surface area contributed by atoms with Crippen LogP contribution in [0.3, 0.4) is 0 Å². The standard InChI is InChI=1S/C16H17N3O/c1-19(2)16-7-5-4-6-14(16)18-15-10-13(20-3)9-8-12(15)11-17/h4-10,18H,1-3H3. The second-order valence-electron chi connectivity index (χ2n) is 4.56. The van der Waals surface area contributed by atoms with Gasteiger partial charge in [0.25, 0.3) is 0 Å². The van der Waals surface area contributed by atoms with Gasteiger partial charge in [-0.1, -0.05) is 12.1 Å². The molecular weight excluding hydrogens is 250 g/mol. The average Bonchev–Trinajstić information content (AvgIpc) is 2.47. The van der Waals surface area contributed by atoms with Crippen LogP contribution >= 0.6 is 0 Å². The van der Waals surface area contributed by atoms with Crippen molar-refractivity contribution >= 4 is 17.1 Å². The van der Waals surface area contributed by atoms with Crippen molar-refractivity contribution in [3.05, 3.63) is 48.0 Å². The van der Waals surface area contributed by atoms with Crippen LogP contribution in [0.2, 0.25) is 0 Å². The van der Waals surface area contributed by atoms with Crippen molar-refractivity contribution in [3.8, 4) is 11.8 Å². The molecule has 0 spiro atoms. The molecular formula is C16H17N3O. The summed E-state index contributed by atoms with van der Waals surface area (Å²) in [6.45, 7) is 0. The summed E-state index contributed by atoms with van der Waals surface area (Å²) in [6, 6.07) is 15.5. The summed E-state index contributed by atoms with van der Waals surface area (Å²) in [4.78, 5) is 2.02. The normalized spacial score (nSPS) is 9.70. The van der Waals surface area contributed by atoms with Gasteiger partial charge in [0.2, 0.25) is 0 Å². The second-order valence-corrected chi connectivity index (χ2v) is 4.56. The summed E-state index contributed by atoms with van der Waals surface area (Å²) < 4.78 is 5.21. The highest BCUT2D eigenvalue weighted by Gasteiger charge is 2.08. The molecule has 0 heterocycles. The molecule has 0 fully saturated rings. The second kappa shape index (κ2) is 5.98. The summed E-state index contributed by atoms with van der Waals surface area (Å²) >= 11 is 0. The number of nitrogens with zero attached hydrogens (tertiary/aromatic N) is 2. The molecule has 4 heteroatoms. The fourth-order valence-corrected chi connectivity index (χ4v) is 1.97. The van der Waals surface area contributed by atoms with Gasteiger partial charge >= 0.3 is 0 Å². The van der Waals surface area contributed by atoms with E-state index in [1.54, 1.807) is 19.2 Å². The molecule has 0 aliphatic heterocycles. The van der Waals surface area contributed by atoms with E-state index in [0.717, 1.165) is 17.1 Å². The van der Waals surface area contributed by atoms with E-state index < -0.39 is 0 Å². The zero-order valence-electron chi connectivity index (χ0n) is 11.8. The van der Waals surface area contributed by atoms with Gasteiger partial charge in [-0.25, -0.2) is 0 Å². The summed E-state index contributed by atoms with van der Waals surface area (Å²) in [5.41, 5.74) is 3.32. The van der Waals surface area contributed by atoms with E-state index >= 15 is 0 Å². The summed E-state index contributed by atoms with van der Waals surface area (Å²) in [7, 11) is 5.58. The third-order valence-electron chi connectivity index (χ3n) is 3.00. The maximum atomic E-state index is 9.20. The molecule has 0 atom stereocenters. The van der Waals surface area contributed by atoms with Crippen LogP contribution in [0, 0.1) is 11.3 Å². The Kier molecular flexibility index (Phi) is 4.11. The number of anilines is 3. The van der Waals surface area contributed by atoms with Gasteiger partial charge in [-0.15, -0.1) is 0 Å². The van der Waals surface area contributed by atoms with Gasteiger partial charge in [0, 0.05) is 20.2 Å². The zero-order chi connectivity index (χ0) is 14.5. The molecule has 0 aliphatic carbocycles. The number of ether oxygens (including phenoxy) is 1. The lowest BCUT2D eigenvalue weighted by Gasteiger charge is -2.19. The molecule has 2 rings (SSSR count). The van der Waals surface area contributed by atoms with Gasteiger partial charge in [0.15, 0.2) is 0 Å². The Hall–Kier alpha value is -2.67. The predicted octanol–water partition coefficient (Wildman–Crippen LogP) is 3.38. The first-order chi connectivity index (χ1) is 9.65. The largest absolute Gasteiger partial charge is 0.497 e. The monoisotopic (exact) mass is 267 g/mol. The number of para-hydroxylation sites is 2. The van der Waals surface area contributed by atoms with Crippen LogP contribution in [-0.2, 0) is 0 Å². The van der Waals surface area contributed by atoms with Gasteiger partial charge in [-0.2, -0.15) is 5.26 Å². The van der Waals surface area contributed by atoms with Gasteiger partial charge in [0.05, 0.1) is 29.7 Å². The Morgan fingerprint density at radius 3 is 2.50 bits per heavy atom. The van der Waals surface area contributed by atoms with Crippen molar-refractivity contribution in [2.24, 2.45) is 0 Å². The molecule has 0 saturated carbocycles. The summed E-state index contributed by atoms with van der Waals surface area (Å²) in [5.74, 6) is 0.717. The first-order valence-corrected chi connectivity index (χ1v) is 6.27. The van der Waals surface area contributed by atoms with Gasteiger partial charge in [0.1, 0.15) is 11.8 Å². The van der Waals surface area contributed by atoms with Crippen molar-refractivity contribution in [1.29, 1.82) is 5.26 Å². The number of nitrogens with one attached hydrogen (secondary N) is 1. The number of nitriles is 1. The maximum Gasteiger partial charge on any atom is 0.121 e. The minimum absolute atomic E-state index is 0.583. The molecule has 0 saturated heterocycles. The van der Waals surface area contributed by atoms with E-state index in [4.69, 9.17) is 4.74 Å². The lowest BCUT2D eigenvalue weighted by Crippen LogP contribution is -2.11. The number of methoxy groups -OCH3 is 1. The van der Waals surface area contributed by atoms with E-state index in [-0.39, 0.29) is 0 Å². The first-order valence-electron chi connectivity index (χ1n) is 6.27. The molecule has 0 unspecified atom stereocenters. The van der Waals surface area contributed by atoms with E-state index in [1.165, 1.54) is 0 Å². The predicted molar refractivity (Wildman–Crippen MR) is 81.8 cm³/mol. The Morgan fingerprint density at radius 1 is 1.10 bits per heavy atom. The van der Waals surface area contributed by atoms with E-state index in [9.17, 15) is 5.26 Å². The third kappa shape index (κ3) is 2.83. The highest BCUT2D eigenvalue weighted by molar-refractivity contribution is 5.77. The molecule has 20 heavy (non-hydrogen) atoms. The Bertz CT molecular complexity index is 644. The minimum Gasteiger partial charge on any atom is -0.497 e. The molecule has 2 aromatic carbocycles. The quantitative estimate of drug-likeness (QED) is 0.922. The van der Waals surface area contributed by atoms with Crippen LogP contribution in [0.1, 0.15) is 5.56 Å². The van der Waals surface area contributed by atoms with Crippen LogP contribution in [0.4, 0.5) is 17.1 Å². The number of hydrogen-bond acceptors (Lipinski definition) is 4. The van der Waals surface area contributed by atoms with E-state index in [2.05, 4.69) is 11.4 Å². The van der Waals surface area contributed by atoms with Crippen molar-refractivity contribution in [3.63, 3.8) is 0 Å². The van der Waals surface area contributed by atoms with Crippen molar-refractivity contribution in [1.82, 2.24) is 0 Å². The molecule has 0 aliphatic rings. The number of benzene rings is 2. The molecule has 0 aromatic heterocycles. The van der Waals surface area contributed by atoms with E-state index in [0.29, 0.717) is 11.3 Å². The lowest BCUT2D eigenvalue weighted by atomic mass is 10.1. The Morgan fingerprint density at radius 2 is 1.85 bits per heavy atom. The zero-order valence-corrected chi connectivity index (χ0v) is 11.8. The molecule has 2 aromatic rings. The molecule has 0 amide bonds.